The maximum atomic E-state index is 11.7. The lowest BCUT2D eigenvalue weighted by atomic mass is 10.2. The second-order valence-electron chi connectivity index (χ2n) is 4.55. The molecule has 6 heteroatoms. The summed E-state index contributed by atoms with van der Waals surface area (Å²) in [6.07, 6.45) is 2.73. The number of nitrogens with one attached hydrogen (secondary N) is 2. The number of carbonyl (C=O) groups excluding carboxylic acids is 1. The van der Waals surface area contributed by atoms with Crippen molar-refractivity contribution in [3.63, 3.8) is 0 Å². The first-order valence-electron chi connectivity index (χ1n) is 6.75. The molecule has 2 aromatic heterocycles. The second-order valence-corrected chi connectivity index (χ2v) is 4.55. The zero-order valence-electron chi connectivity index (χ0n) is 11.7. The topological polar surface area (TPSA) is 79.9 Å². The van der Waals surface area contributed by atoms with Crippen molar-refractivity contribution >= 4 is 12.0 Å². The number of amides is 1. The van der Waals surface area contributed by atoms with Crippen LogP contribution < -0.4 is 5.32 Å². The van der Waals surface area contributed by atoms with Crippen molar-refractivity contribution in [2.24, 2.45) is 0 Å². The minimum absolute atomic E-state index is 0.209. The van der Waals surface area contributed by atoms with Gasteiger partial charge in [0.1, 0.15) is 6.61 Å². The van der Waals surface area contributed by atoms with Gasteiger partial charge in [-0.25, -0.2) is 9.78 Å². The van der Waals surface area contributed by atoms with Crippen LogP contribution in [0, 0.1) is 0 Å². The van der Waals surface area contributed by atoms with Crippen LogP contribution in [0.15, 0.2) is 60.9 Å². The number of rotatable bonds is 4. The standard InChI is InChI=1S/C16H14N4O2/c21-16(22-11-12-6-2-1-3-7-12)20-15-18-10-14(19-15)13-8-4-5-9-17-13/h1-10H,11H2,(H2,18,19,20,21). The Morgan fingerprint density at radius 1 is 1.09 bits per heavy atom. The summed E-state index contributed by atoms with van der Waals surface area (Å²) in [5, 5.41) is 2.55. The van der Waals surface area contributed by atoms with Gasteiger partial charge in [-0.2, -0.15) is 0 Å². The highest BCUT2D eigenvalue weighted by atomic mass is 16.5. The third-order valence-corrected chi connectivity index (χ3v) is 2.95. The fraction of sp³-hybridized carbons (Fsp3) is 0.0625. The van der Waals surface area contributed by atoms with Crippen LogP contribution in [0.2, 0.25) is 0 Å². The molecule has 0 saturated heterocycles. The van der Waals surface area contributed by atoms with Gasteiger partial charge < -0.3 is 9.72 Å². The van der Waals surface area contributed by atoms with Crippen molar-refractivity contribution in [1.82, 2.24) is 15.0 Å². The lowest BCUT2D eigenvalue weighted by Crippen LogP contribution is -2.14. The number of imidazole rings is 1. The fourth-order valence-electron chi connectivity index (χ4n) is 1.89. The van der Waals surface area contributed by atoms with Gasteiger partial charge in [0.05, 0.1) is 17.6 Å². The molecular weight excluding hydrogens is 280 g/mol. The Bertz CT molecular complexity index is 741. The fourth-order valence-corrected chi connectivity index (χ4v) is 1.89. The Morgan fingerprint density at radius 3 is 2.68 bits per heavy atom. The molecule has 0 unspecified atom stereocenters. The Kier molecular flexibility index (Phi) is 4.10. The summed E-state index contributed by atoms with van der Waals surface area (Å²) < 4.78 is 5.12. The Morgan fingerprint density at radius 2 is 1.91 bits per heavy atom. The first-order valence-corrected chi connectivity index (χ1v) is 6.75. The van der Waals surface area contributed by atoms with E-state index in [1.807, 2.05) is 48.5 Å². The van der Waals surface area contributed by atoms with Crippen molar-refractivity contribution < 1.29 is 9.53 Å². The molecule has 0 bridgehead atoms. The number of hydrogen-bond acceptors (Lipinski definition) is 4. The van der Waals surface area contributed by atoms with Crippen molar-refractivity contribution in [3.05, 3.63) is 66.5 Å². The van der Waals surface area contributed by atoms with Gasteiger partial charge in [0, 0.05) is 6.20 Å². The van der Waals surface area contributed by atoms with E-state index in [2.05, 4.69) is 20.3 Å². The number of aromatic amines is 1. The van der Waals surface area contributed by atoms with E-state index in [1.165, 1.54) is 0 Å². The number of carbonyl (C=O) groups is 1. The maximum absolute atomic E-state index is 11.7. The Balaban J connectivity index is 1.57. The number of aromatic nitrogens is 3. The molecule has 0 aliphatic heterocycles. The normalized spacial score (nSPS) is 10.2. The summed E-state index contributed by atoms with van der Waals surface area (Å²) >= 11 is 0. The number of H-pyrrole nitrogens is 1. The lowest BCUT2D eigenvalue weighted by Gasteiger charge is -2.04. The highest BCUT2D eigenvalue weighted by molar-refractivity contribution is 5.82. The molecule has 2 N–H and O–H groups in total. The molecule has 3 rings (SSSR count). The van der Waals surface area contributed by atoms with Gasteiger partial charge in [0.25, 0.3) is 0 Å². The molecule has 22 heavy (non-hydrogen) atoms. The number of anilines is 1. The first-order chi connectivity index (χ1) is 10.8. The molecule has 0 spiro atoms. The van der Waals surface area contributed by atoms with E-state index < -0.39 is 6.09 Å². The SMILES string of the molecule is O=C(Nc1ncc(-c2ccccn2)[nH]1)OCc1ccccc1. The van der Waals surface area contributed by atoms with Gasteiger partial charge in [-0.05, 0) is 17.7 Å². The Hall–Kier alpha value is -3.15. The van der Waals surface area contributed by atoms with Gasteiger partial charge in [-0.15, -0.1) is 0 Å². The number of ether oxygens (including phenoxy) is 1. The van der Waals surface area contributed by atoms with Crippen LogP contribution in [0.3, 0.4) is 0 Å². The van der Waals surface area contributed by atoms with Crippen LogP contribution >= 0.6 is 0 Å². The molecule has 1 aromatic carbocycles. The minimum atomic E-state index is -0.564. The number of pyridine rings is 1. The molecule has 110 valence electrons. The van der Waals surface area contributed by atoms with Crippen molar-refractivity contribution in [2.75, 3.05) is 5.32 Å². The molecule has 0 saturated carbocycles. The molecule has 0 radical (unpaired) electrons. The molecule has 0 aliphatic carbocycles. The summed E-state index contributed by atoms with van der Waals surface area (Å²) in [6, 6.07) is 15.0. The van der Waals surface area contributed by atoms with Gasteiger partial charge >= 0.3 is 6.09 Å². The van der Waals surface area contributed by atoms with E-state index in [0.717, 1.165) is 17.0 Å². The summed E-state index contributed by atoms with van der Waals surface area (Å²) in [6.45, 7) is 0.209. The molecule has 1 amide bonds. The molecule has 0 fully saturated rings. The number of nitrogens with zero attached hydrogens (tertiary/aromatic N) is 2. The summed E-state index contributed by atoms with van der Waals surface area (Å²) in [4.78, 5) is 23.0. The van der Waals surface area contributed by atoms with Gasteiger partial charge in [-0.1, -0.05) is 36.4 Å². The second kappa shape index (κ2) is 6.53. The lowest BCUT2D eigenvalue weighted by molar-refractivity contribution is 0.155. The maximum Gasteiger partial charge on any atom is 0.414 e. The summed E-state index contributed by atoms with van der Waals surface area (Å²) in [7, 11) is 0. The van der Waals surface area contributed by atoms with Crippen molar-refractivity contribution in [1.29, 1.82) is 0 Å². The van der Waals surface area contributed by atoms with Crippen LogP contribution in [0.4, 0.5) is 10.7 Å². The average molecular weight is 294 g/mol. The third kappa shape index (κ3) is 3.49. The molecule has 0 aliphatic rings. The smallest absolute Gasteiger partial charge is 0.414 e. The molecule has 0 atom stereocenters. The van der Waals surface area contributed by atoms with E-state index in [9.17, 15) is 4.79 Å². The predicted molar refractivity (Wildman–Crippen MR) is 82.1 cm³/mol. The quantitative estimate of drug-likeness (QED) is 0.774. The van der Waals surface area contributed by atoms with Crippen LogP contribution in [0.1, 0.15) is 5.56 Å². The summed E-state index contributed by atoms with van der Waals surface area (Å²) in [5.74, 6) is 0.318. The van der Waals surface area contributed by atoms with Crippen LogP contribution in [0.5, 0.6) is 0 Å². The molecular formula is C16H14N4O2. The van der Waals surface area contributed by atoms with Crippen LogP contribution in [-0.2, 0) is 11.3 Å². The van der Waals surface area contributed by atoms with E-state index in [1.54, 1.807) is 12.4 Å². The van der Waals surface area contributed by atoms with E-state index in [4.69, 9.17) is 4.74 Å². The van der Waals surface area contributed by atoms with Gasteiger partial charge in [0.15, 0.2) is 0 Å². The van der Waals surface area contributed by atoms with Gasteiger partial charge in [0.2, 0.25) is 5.95 Å². The Labute approximate surface area is 127 Å². The molecule has 6 nitrogen and oxygen atoms in total. The van der Waals surface area contributed by atoms with Crippen molar-refractivity contribution in [3.8, 4) is 11.4 Å². The number of hydrogen-bond donors (Lipinski definition) is 2. The van der Waals surface area contributed by atoms with Crippen LogP contribution in [-0.4, -0.2) is 21.0 Å². The molecule has 3 aromatic rings. The number of benzene rings is 1. The third-order valence-electron chi connectivity index (χ3n) is 2.95. The highest BCUT2D eigenvalue weighted by Gasteiger charge is 2.08. The van der Waals surface area contributed by atoms with E-state index >= 15 is 0 Å². The van der Waals surface area contributed by atoms with Gasteiger partial charge in [-0.3, -0.25) is 10.3 Å². The molecule has 2 heterocycles. The highest BCUT2D eigenvalue weighted by Crippen LogP contribution is 2.15. The zero-order valence-corrected chi connectivity index (χ0v) is 11.7. The van der Waals surface area contributed by atoms with Crippen LogP contribution in [0.25, 0.3) is 11.4 Å². The first kappa shape index (κ1) is 13.8. The van der Waals surface area contributed by atoms with Crippen molar-refractivity contribution in [2.45, 2.75) is 6.61 Å². The van der Waals surface area contributed by atoms with E-state index in [0.29, 0.717) is 5.95 Å². The summed E-state index contributed by atoms with van der Waals surface area (Å²) in [5.41, 5.74) is 2.39. The predicted octanol–water partition coefficient (Wildman–Crippen LogP) is 3.22. The largest absolute Gasteiger partial charge is 0.444 e. The average Bonchev–Trinajstić information content (AvgIpc) is 3.03. The monoisotopic (exact) mass is 294 g/mol. The zero-order chi connectivity index (χ0) is 15.2. The minimum Gasteiger partial charge on any atom is -0.444 e. The van der Waals surface area contributed by atoms with E-state index in [-0.39, 0.29) is 6.61 Å².